The lowest BCUT2D eigenvalue weighted by Gasteiger charge is -2.15. The SMILES string of the molecule is CC1=NC(C)(Cc2ccccc2)C(=O)O1. The molecular weight excluding hydrogens is 190 g/mol. The van der Waals surface area contributed by atoms with Gasteiger partial charge in [-0.1, -0.05) is 30.3 Å². The zero-order chi connectivity index (χ0) is 10.9. The monoisotopic (exact) mass is 203 g/mol. The molecule has 3 nitrogen and oxygen atoms in total. The van der Waals surface area contributed by atoms with Crippen LogP contribution >= 0.6 is 0 Å². The largest absolute Gasteiger partial charge is 0.410 e. The van der Waals surface area contributed by atoms with Crippen molar-refractivity contribution in [1.82, 2.24) is 0 Å². The predicted molar refractivity (Wildman–Crippen MR) is 57.8 cm³/mol. The molecule has 15 heavy (non-hydrogen) atoms. The van der Waals surface area contributed by atoms with Gasteiger partial charge in [-0.15, -0.1) is 0 Å². The van der Waals surface area contributed by atoms with Crippen LogP contribution in [0, 0.1) is 0 Å². The summed E-state index contributed by atoms with van der Waals surface area (Å²) >= 11 is 0. The fourth-order valence-electron chi connectivity index (χ4n) is 1.77. The summed E-state index contributed by atoms with van der Waals surface area (Å²) in [6, 6.07) is 9.84. The van der Waals surface area contributed by atoms with Crippen LogP contribution in [0.25, 0.3) is 0 Å². The molecule has 0 spiro atoms. The summed E-state index contributed by atoms with van der Waals surface area (Å²) in [5, 5.41) is 0. The summed E-state index contributed by atoms with van der Waals surface area (Å²) in [5.74, 6) is 0.197. The Bertz CT molecular complexity index is 411. The molecule has 0 saturated carbocycles. The molecule has 2 rings (SSSR count). The van der Waals surface area contributed by atoms with E-state index in [1.54, 1.807) is 13.8 Å². The lowest BCUT2D eigenvalue weighted by Crippen LogP contribution is -2.32. The number of rotatable bonds is 2. The fraction of sp³-hybridized carbons (Fsp3) is 0.333. The maximum atomic E-state index is 11.6. The van der Waals surface area contributed by atoms with Gasteiger partial charge < -0.3 is 4.74 Å². The quantitative estimate of drug-likeness (QED) is 0.689. The molecule has 0 saturated heterocycles. The minimum absolute atomic E-state index is 0.260. The maximum absolute atomic E-state index is 11.6. The molecule has 0 aliphatic carbocycles. The molecule has 78 valence electrons. The number of hydrogen-bond donors (Lipinski definition) is 0. The second-order valence-electron chi connectivity index (χ2n) is 3.96. The van der Waals surface area contributed by atoms with Crippen LogP contribution in [-0.2, 0) is 16.0 Å². The molecule has 0 aromatic heterocycles. The van der Waals surface area contributed by atoms with Crippen LogP contribution < -0.4 is 0 Å². The van der Waals surface area contributed by atoms with E-state index in [-0.39, 0.29) is 5.97 Å². The highest BCUT2D eigenvalue weighted by Crippen LogP contribution is 2.24. The number of esters is 1. The van der Waals surface area contributed by atoms with Crippen molar-refractivity contribution in [2.45, 2.75) is 25.8 Å². The van der Waals surface area contributed by atoms with Crippen molar-refractivity contribution in [2.75, 3.05) is 0 Å². The Morgan fingerprint density at radius 1 is 1.33 bits per heavy atom. The van der Waals surface area contributed by atoms with Gasteiger partial charge in [0.2, 0.25) is 0 Å². The van der Waals surface area contributed by atoms with Crippen LogP contribution in [0.1, 0.15) is 19.4 Å². The zero-order valence-corrected chi connectivity index (χ0v) is 8.86. The molecule has 1 aromatic carbocycles. The third-order valence-electron chi connectivity index (χ3n) is 2.48. The van der Waals surface area contributed by atoms with E-state index in [2.05, 4.69) is 4.99 Å². The number of nitrogens with zero attached hydrogens (tertiary/aromatic N) is 1. The molecule has 3 heteroatoms. The van der Waals surface area contributed by atoms with Crippen molar-refractivity contribution >= 4 is 11.9 Å². The van der Waals surface area contributed by atoms with Crippen LogP contribution in [0.5, 0.6) is 0 Å². The average Bonchev–Trinajstić information content (AvgIpc) is 2.41. The second kappa shape index (κ2) is 3.50. The highest BCUT2D eigenvalue weighted by molar-refractivity contribution is 5.98. The first-order valence-corrected chi connectivity index (χ1v) is 4.93. The Kier molecular flexibility index (Phi) is 2.31. The highest BCUT2D eigenvalue weighted by atomic mass is 16.6. The standard InChI is InChI=1S/C12H13NO2/c1-9-13-12(2,11(14)15-9)8-10-6-4-3-5-7-10/h3-7H,8H2,1-2H3. The van der Waals surface area contributed by atoms with E-state index in [1.807, 2.05) is 30.3 Å². The van der Waals surface area contributed by atoms with Crippen molar-refractivity contribution in [3.8, 4) is 0 Å². The molecule has 1 aliphatic heterocycles. The van der Waals surface area contributed by atoms with Gasteiger partial charge in [0, 0.05) is 13.3 Å². The Balaban J connectivity index is 2.22. The van der Waals surface area contributed by atoms with Gasteiger partial charge in [0.05, 0.1) is 0 Å². The topological polar surface area (TPSA) is 38.7 Å². The van der Waals surface area contributed by atoms with Gasteiger partial charge in [-0.3, -0.25) is 0 Å². The van der Waals surface area contributed by atoms with E-state index in [4.69, 9.17) is 4.74 Å². The number of cyclic esters (lactones) is 1. The summed E-state index contributed by atoms with van der Waals surface area (Å²) in [6.45, 7) is 3.51. The van der Waals surface area contributed by atoms with Crippen molar-refractivity contribution in [1.29, 1.82) is 0 Å². The molecular formula is C12H13NO2. The van der Waals surface area contributed by atoms with E-state index in [0.717, 1.165) is 5.56 Å². The Labute approximate surface area is 88.8 Å². The maximum Gasteiger partial charge on any atom is 0.340 e. The Morgan fingerprint density at radius 2 is 2.00 bits per heavy atom. The van der Waals surface area contributed by atoms with Crippen molar-refractivity contribution in [3.05, 3.63) is 35.9 Å². The number of benzene rings is 1. The normalized spacial score (nSPS) is 24.9. The van der Waals surface area contributed by atoms with E-state index >= 15 is 0 Å². The van der Waals surface area contributed by atoms with Crippen molar-refractivity contribution < 1.29 is 9.53 Å². The molecule has 1 atom stereocenters. The van der Waals surface area contributed by atoms with Crippen LogP contribution in [0.15, 0.2) is 35.3 Å². The van der Waals surface area contributed by atoms with E-state index in [1.165, 1.54) is 0 Å². The van der Waals surface area contributed by atoms with Gasteiger partial charge in [-0.25, -0.2) is 9.79 Å². The molecule has 0 fully saturated rings. The summed E-state index contributed by atoms with van der Waals surface area (Å²) in [6.07, 6.45) is 0.587. The average molecular weight is 203 g/mol. The minimum Gasteiger partial charge on any atom is -0.410 e. The van der Waals surface area contributed by atoms with Gasteiger partial charge in [0.1, 0.15) is 0 Å². The molecule has 0 N–H and O–H groups in total. The van der Waals surface area contributed by atoms with Crippen molar-refractivity contribution in [3.63, 3.8) is 0 Å². The molecule has 1 aromatic rings. The minimum atomic E-state index is -0.745. The number of carbonyl (C=O) groups is 1. The molecule has 0 bridgehead atoms. The number of carbonyl (C=O) groups excluding carboxylic acids is 1. The zero-order valence-electron chi connectivity index (χ0n) is 8.86. The molecule has 0 radical (unpaired) electrons. The fourth-order valence-corrected chi connectivity index (χ4v) is 1.77. The van der Waals surface area contributed by atoms with Gasteiger partial charge in [0.15, 0.2) is 11.4 Å². The number of aliphatic imine (C=N–C) groups is 1. The second-order valence-corrected chi connectivity index (χ2v) is 3.96. The lowest BCUT2D eigenvalue weighted by atomic mass is 9.94. The first-order valence-electron chi connectivity index (χ1n) is 4.93. The smallest absolute Gasteiger partial charge is 0.340 e. The molecule has 1 unspecified atom stereocenters. The summed E-state index contributed by atoms with van der Waals surface area (Å²) < 4.78 is 4.96. The molecule has 1 heterocycles. The Hall–Kier alpha value is -1.64. The third-order valence-corrected chi connectivity index (χ3v) is 2.48. The van der Waals surface area contributed by atoms with Crippen LogP contribution in [0.4, 0.5) is 0 Å². The van der Waals surface area contributed by atoms with Gasteiger partial charge in [0.25, 0.3) is 0 Å². The molecule has 0 amide bonds. The Morgan fingerprint density at radius 3 is 2.53 bits per heavy atom. The van der Waals surface area contributed by atoms with Gasteiger partial charge in [-0.2, -0.15) is 0 Å². The van der Waals surface area contributed by atoms with E-state index in [9.17, 15) is 4.79 Å². The first kappa shape index (κ1) is 9.90. The van der Waals surface area contributed by atoms with E-state index in [0.29, 0.717) is 12.3 Å². The first-order chi connectivity index (χ1) is 7.10. The number of hydrogen-bond acceptors (Lipinski definition) is 3. The summed E-state index contributed by atoms with van der Waals surface area (Å²) in [5.41, 5.74) is 0.348. The van der Waals surface area contributed by atoms with Gasteiger partial charge in [-0.05, 0) is 12.5 Å². The number of ether oxygens (including phenoxy) is 1. The van der Waals surface area contributed by atoms with Gasteiger partial charge >= 0.3 is 5.97 Å². The third kappa shape index (κ3) is 1.91. The van der Waals surface area contributed by atoms with Crippen LogP contribution in [0.3, 0.4) is 0 Å². The van der Waals surface area contributed by atoms with E-state index < -0.39 is 5.54 Å². The summed E-state index contributed by atoms with van der Waals surface area (Å²) in [4.78, 5) is 15.8. The summed E-state index contributed by atoms with van der Waals surface area (Å²) in [7, 11) is 0. The van der Waals surface area contributed by atoms with Crippen molar-refractivity contribution in [2.24, 2.45) is 4.99 Å². The van der Waals surface area contributed by atoms with Crippen LogP contribution in [-0.4, -0.2) is 17.4 Å². The molecule has 1 aliphatic rings. The predicted octanol–water partition coefficient (Wildman–Crippen LogP) is 1.96. The lowest BCUT2D eigenvalue weighted by molar-refractivity contribution is -0.138. The van der Waals surface area contributed by atoms with Crippen LogP contribution in [0.2, 0.25) is 0 Å². The highest BCUT2D eigenvalue weighted by Gasteiger charge is 2.40.